The topological polar surface area (TPSA) is 58.6 Å². The highest BCUT2D eigenvalue weighted by Crippen LogP contribution is 2.30. The van der Waals surface area contributed by atoms with Gasteiger partial charge in [0.2, 0.25) is 5.91 Å². The third-order valence-electron chi connectivity index (χ3n) is 3.82. The second-order valence-electron chi connectivity index (χ2n) is 5.55. The zero-order valence-electron chi connectivity index (χ0n) is 13.2. The van der Waals surface area contributed by atoms with Crippen molar-refractivity contribution in [3.05, 3.63) is 53.8 Å². The molecule has 0 radical (unpaired) electrons. The molecule has 0 unspecified atom stereocenters. The van der Waals surface area contributed by atoms with Crippen LogP contribution >= 0.6 is 0 Å². The maximum Gasteiger partial charge on any atom is 0.262 e. The first kappa shape index (κ1) is 16.0. The first-order valence-corrected chi connectivity index (χ1v) is 7.62. The minimum Gasteiger partial charge on any atom is -0.484 e. The van der Waals surface area contributed by atoms with E-state index in [4.69, 9.17) is 4.74 Å². The number of halogens is 1. The molecule has 0 saturated heterocycles. The van der Waals surface area contributed by atoms with Gasteiger partial charge < -0.3 is 15.0 Å². The van der Waals surface area contributed by atoms with Crippen LogP contribution in [0.3, 0.4) is 0 Å². The Morgan fingerprint density at radius 1 is 1.21 bits per heavy atom. The van der Waals surface area contributed by atoms with Crippen LogP contribution in [0.5, 0.6) is 5.75 Å². The monoisotopic (exact) mass is 328 g/mol. The van der Waals surface area contributed by atoms with Crippen LogP contribution in [-0.4, -0.2) is 25.0 Å². The Kier molecular flexibility index (Phi) is 4.46. The summed E-state index contributed by atoms with van der Waals surface area (Å²) in [5.41, 5.74) is 2.58. The van der Waals surface area contributed by atoms with Gasteiger partial charge in [-0.05, 0) is 54.4 Å². The predicted molar refractivity (Wildman–Crippen MR) is 88.7 cm³/mol. The highest BCUT2D eigenvalue weighted by Gasteiger charge is 2.22. The lowest BCUT2D eigenvalue weighted by Crippen LogP contribution is -2.25. The number of ether oxygens (including phenoxy) is 1. The van der Waals surface area contributed by atoms with Crippen LogP contribution in [0.25, 0.3) is 0 Å². The van der Waals surface area contributed by atoms with Gasteiger partial charge in [0.1, 0.15) is 11.6 Å². The quantitative estimate of drug-likeness (QED) is 0.939. The van der Waals surface area contributed by atoms with Gasteiger partial charge in [-0.3, -0.25) is 9.59 Å². The smallest absolute Gasteiger partial charge is 0.262 e. The average molecular weight is 328 g/mol. The molecular formula is C18H17FN2O3. The molecule has 0 bridgehead atoms. The van der Waals surface area contributed by atoms with E-state index in [9.17, 15) is 14.0 Å². The molecule has 24 heavy (non-hydrogen) atoms. The van der Waals surface area contributed by atoms with Crippen molar-refractivity contribution in [3.63, 3.8) is 0 Å². The van der Waals surface area contributed by atoms with Crippen molar-refractivity contribution in [1.82, 2.24) is 0 Å². The molecule has 1 N–H and O–H groups in total. The summed E-state index contributed by atoms with van der Waals surface area (Å²) in [6, 6.07) is 10.9. The maximum atomic E-state index is 12.8. The first-order chi connectivity index (χ1) is 11.5. The molecule has 0 saturated carbocycles. The van der Waals surface area contributed by atoms with Crippen LogP contribution in [-0.2, 0) is 16.0 Å². The van der Waals surface area contributed by atoms with Crippen molar-refractivity contribution in [1.29, 1.82) is 0 Å². The van der Waals surface area contributed by atoms with Crippen molar-refractivity contribution < 1.29 is 18.7 Å². The fourth-order valence-corrected chi connectivity index (χ4v) is 2.68. The molecule has 0 aliphatic carbocycles. The molecule has 0 atom stereocenters. The summed E-state index contributed by atoms with van der Waals surface area (Å²) in [5, 5.41) is 2.76. The van der Waals surface area contributed by atoms with Crippen LogP contribution in [0.1, 0.15) is 12.5 Å². The van der Waals surface area contributed by atoms with E-state index in [1.165, 1.54) is 31.2 Å². The summed E-state index contributed by atoms with van der Waals surface area (Å²) in [6.45, 7) is 2.04. The molecule has 2 aromatic rings. The molecule has 2 aromatic carbocycles. The van der Waals surface area contributed by atoms with Gasteiger partial charge in [0, 0.05) is 24.8 Å². The number of anilines is 2. The molecule has 1 heterocycles. The van der Waals surface area contributed by atoms with E-state index in [-0.39, 0.29) is 24.2 Å². The summed E-state index contributed by atoms with van der Waals surface area (Å²) in [7, 11) is 0. The van der Waals surface area contributed by atoms with Gasteiger partial charge in [-0.15, -0.1) is 0 Å². The van der Waals surface area contributed by atoms with Gasteiger partial charge in [0.15, 0.2) is 6.61 Å². The predicted octanol–water partition coefficient (Wildman–Crippen LogP) is 2.75. The van der Waals surface area contributed by atoms with Gasteiger partial charge >= 0.3 is 0 Å². The Labute approximate surface area is 139 Å². The zero-order chi connectivity index (χ0) is 17.1. The number of rotatable bonds is 4. The van der Waals surface area contributed by atoms with Crippen molar-refractivity contribution >= 4 is 23.2 Å². The summed E-state index contributed by atoms with van der Waals surface area (Å²) < 4.78 is 18.1. The molecule has 0 aromatic heterocycles. The highest BCUT2D eigenvalue weighted by atomic mass is 19.1. The van der Waals surface area contributed by atoms with Crippen LogP contribution in [0, 0.1) is 5.82 Å². The number of carbonyl (C=O) groups excluding carboxylic acids is 2. The van der Waals surface area contributed by atoms with E-state index in [1.54, 1.807) is 11.0 Å². The van der Waals surface area contributed by atoms with Gasteiger partial charge in [0.05, 0.1) is 0 Å². The second kappa shape index (κ2) is 6.70. The molecule has 1 aliphatic heterocycles. The Morgan fingerprint density at radius 3 is 2.67 bits per heavy atom. The fourth-order valence-electron chi connectivity index (χ4n) is 2.68. The summed E-state index contributed by atoms with van der Waals surface area (Å²) in [5.74, 6) is -0.221. The lowest BCUT2D eigenvalue weighted by atomic mass is 10.1. The Balaban J connectivity index is 1.59. The fraction of sp³-hybridized carbons (Fsp3) is 0.222. The molecule has 1 aliphatic rings. The number of amides is 2. The summed E-state index contributed by atoms with van der Waals surface area (Å²) >= 11 is 0. The number of carbonyl (C=O) groups is 2. The zero-order valence-corrected chi connectivity index (χ0v) is 13.2. The molecule has 2 amide bonds. The van der Waals surface area contributed by atoms with Gasteiger partial charge in [-0.25, -0.2) is 4.39 Å². The van der Waals surface area contributed by atoms with Crippen molar-refractivity contribution in [2.75, 3.05) is 23.4 Å². The third-order valence-corrected chi connectivity index (χ3v) is 3.82. The lowest BCUT2D eigenvalue weighted by molar-refractivity contribution is -0.118. The molecule has 3 rings (SSSR count). The summed E-state index contributed by atoms with van der Waals surface area (Å²) in [6.07, 6.45) is 0.769. The van der Waals surface area contributed by atoms with Crippen molar-refractivity contribution in [2.45, 2.75) is 13.3 Å². The Morgan fingerprint density at radius 2 is 1.96 bits per heavy atom. The normalized spacial score (nSPS) is 12.7. The van der Waals surface area contributed by atoms with E-state index in [0.29, 0.717) is 18.0 Å². The van der Waals surface area contributed by atoms with Crippen LogP contribution < -0.4 is 15.0 Å². The van der Waals surface area contributed by atoms with Crippen molar-refractivity contribution in [3.8, 4) is 5.75 Å². The van der Waals surface area contributed by atoms with E-state index in [0.717, 1.165) is 17.7 Å². The highest BCUT2D eigenvalue weighted by molar-refractivity contribution is 5.95. The minimum atomic E-state index is -0.357. The lowest BCUT2D eigenvalue weighted by Gasteiger charge is -2.15. The van der Waals surface area contributed by atoms with Crippen LogP contribution in [0.4, 0.5) is 15.8 Å². The van der Waals surface area contributed by atoms with E-state index >= 15 is 0 Å². The molecular weight excluding hydrogens is 311 g/mol. The van der Waals surface area contributed by atoms with Crippen molar-refractivity contribution in [2.24, 2.45) is 0 Å². The molecule has 124 valence electrons. The van der Waals surface area contributed by atoms with Crippen LogP contribution in [0.15, 0.2) is 42.5 Å². The molecule has 0 spiro atoms. The van der Waals surface area contributed by atoms with Gasteiger partial charge in [0.25, 0.3) is 5.91 Å². The Bertz CT molecular complexity index is 774. The molecule has 6 heteroatoms. The second-order valence-corrected chi connectivity index (χ2v) is 5.55. The summed E-state index contributed by atoms with van der Waals surface area (Å²) in [4.78, 5) is 25.2. The molecule has 5 nitrogen and oxygen atoms in total. The Hall–Kier alpha value is -2.89. The third kappa shape index (κ3) is 3.53. The number of nitrogens with one attached hydrogen (secondary N) is 1. The standard InChI is InChI=1S/C18H17FN2O3/c1-12(22)21-9-8-13-10-15(4-7-17(13)21)20-18(23)11-24-16-5-2-14(19)3-6-16/h2-7,10H,8-9,11H2,1H3,(H,20,23). The largest absolute Gasteiger partial charge is 0.484 e. The number of benzene rings is 2. The number of hydrogen-bond acceptors (Lipinski definition) is 3. The maximum absolute atomic E-state index is 12.8. The van der Waals surface area contributed by atoms with Gasteiger partial charge in [-0.2, -0.15) is 0 Å². The SMILES string of the molecule is CC(=O)N1CCc2cc(NC(=O)COc3ccc(F)cc3)ccc21. The number of nitrogens with zero attached hydrogens (tertiary/aromatic N) is 1. The molecule has 0 fully saturated rings. The number of fused-ring (bicyclic) bond motifs is 1. The van der Waals surface area contributed by atoms with E-state index < -0.39 is 0 Å². The first-order valence-electron chi connectivity index (χ1n) is 7.62. The van der Waals surface area contributed by atoms with Gasteiger partial charge in [-0.1, -0.05) is 0 Å². The average Bonchev–Trinajstić information content (AvgIpc) is 2.97. The minimum absolute atomic E-state index is 0.0123. The van der Waals surface area contributed by atoms with E-state index in [2.05, 4.69) is 5.32 Å². The van der Waals surface area contributed by atoms with E-state index in [1.807, 2.05) is 12.1 Å². The van der Waals surface area contributed by atoms with Crippen LogP contribution in [0.2, 0.25) is 0 Å². The number of hydrogen-bond donors (Lipinski definition) is 1.